The molecule has 0 spiro atoms. The van der Waals surface area contributed by atoms with E-state index in [9.17, 15) is 13.2 Å². The Bertz CT molecular complexity index is 1450. The normalized spacial score (nSPS) is 11.4. The van der Waals surface area contributed by atoms with Gasteiger partial charge in [-0.25, -0.2) is 13.4 Å². The van der Waals surface area contributed by atoms with Gasteiger partial charge in [-0.15, -0.1) is 0 Å². The number of carbonyl (C=O) groups excluding carboxylic acids is 1. The molecule has 1 aromatic heterocycles. The summed E-state index contributed by atoms with van der Waals surface area (Å²) in [6.07, 6.45) is 0. The van der Waals surface area contributed by atoms with Gasteiger partial charge in [0.2, 0.25) is 5.89 Å². The van der Waals surface area contributed by atoms with Gasteiger partial charge in [0.25, 0.3) is 5.91 Å². The molecule has 0 fully saturated rings. The minimum absolute atomic E-state index is 0.214. The Balaban J connectivity index is 1.51. The fourth-order valence-corrected chi connectivity index (χ4v) is 4.88. The van der Waals surface area contributed by atoms with E-state index in [1.165, 1.54) is 0 Å². The predicted octanol–water partition coefficient (Wildman–Crippen LogP) is 5.80. The summed E-state index contributed by atoms with van der Waals surface area (Å²) in [5, 5.41) is 2.94. The average Bonchev–Trinajstić information content (AvgIpc) is 3.16. The van der Waals surface area contributed by atoms with Crippen molar-refractivity contribution in [2.75, 3.05) is 5.32 Å². The Morgan fingerprint density at radius 3 is 2.26 bits per heavy atom. The molecule has 174 valence electrons. The van der Waals surface area contributed by atoms with Gasteiger partial charge in [0, 0.05) is 16.8 Å². The Morgan fingerprint density at radius 2 is 1.59 bits per heavy atom. The van der Waals surface area contributed by atoms with Crippen LogP contribution in [0.25, 0.3) is 11.5 Å². The first-order chi connectivity index (χ1) is 16.1. The van der Waals surface area contributed by atoms with Crippen LogP contribution in [0.5, 0.6) is 0 Å². The number of aromatic nitrogens is 1. The lowest BCUT2D eigenvalue weighted by atomic mass is 10.1. The van der Waals surface area contributed by atoms with Gasteiger partial charge in [-0.1, -0.05) is 29.8 Å². The first-order valence-corrected chi connectivity index (χ1v) is 12.5. The van der Waals surface area contributed by atoms with E-state index in [0.717, 1.165) is 22.4 Å². The van der Waals surface area contributed by atoms with E-state index >= 15 is 0 Å². The van der Waals surface area contributed by atoms with E-state index < -0.39 is 9.84 Å². The number of nitrogens with zero attached hydrogens (tertiary/aromatic N) is 1. The van der Waals surface area contributed by atoms with E-state index in [4.69, 9.17) is 4.42 Å². The van der Waals surface area contributed by atoms with Crippen LogP contribution in [0.15, 0.2) is 76.0 Å². The lowest BCUT2D eigenvalue weighted by molar-refractivity contribution is 0.102. The lowest BCUT2D eigenvalue weighted by Crippen LogP contribution is -2.12. The molecule has 4 aromatic rings. The molecule has 0 aliphatic carbocycles. The van der Waals surface area contributed by atoms with Gasteiger partial charge in [-0.2, -0.15) is 0 Å². The number of anilines is 1. The van der Waals surface area contributed by atoms with Crippen molar-refractivity contribution in [2.24, 2.45) is 0 Å². The maximum Gasteiger partial charge on any atom is 0.255 e. The maximum atomic E-state index is 12.8. The van der Waals surface area contributed by atoms with Crippen molar-refractivity contribution in [2.45, 2.75) is 38.3 Å². The van der Waals surface area contributed by atoms with E-state index in [1.54, 1.807) is 55.5 Å². The zero-order valence-electron chi connectivity index (χ0n) is 19.5. The number of amides is 1. The second-order valence-corrected chi connectivity index (χ2v) is 10.4. The highest BCUT2D eigenvalue weighted by molar-refractivity contribution is 7.90. The fraction of sp³-hybridized carbons (Fsp3) is 0.185. The highest BCUT2D eigenvalue weighted by Gasteiger charge is 2.21. The average molecular weight is 475 g/mol. The molecule has 6 nitrogen and oxygen atoms in total. The number of hydrogen-bond donors (Lipinski definition) is 1. The summed E-state index contributed by atoms with van der Waals surface area (Å²) in [4.78, 5) is 17.4. The third kappa shape index (κ3) is 4.94. The van der Waals surface area contributed by atoms with Gasteiger partial charge in [0.1, 0.15) is 11.5 Å². The molecule has 1 heterocycles. The van der Waals surface area contributed by atoms with Crippen LogP contribution in [-0.2, 0) is 15.6 Å². The monoisotopic (exact) mass is 474 g/mol. The molecule has 4 rings (SSSR count). The summed E-state index contributed by atoms with van der Waals surface area (Å²) in [5.74, 6) is 0.297. The van der Waals surface area contributed by atoms with Crippen LogP contribution >= 0.6 is 0 Å². The minimum Gasteiger partial charge on any atom is -0.441 e. The van der Waals surface area contributed by atoms with Gasteiger partial charge >= 0.3 is 0 Å². The van der Waals surface area contributed by atoms with E-state index in [2.05, 4.69) is 10.3 Å². The quantitative estimate of drug-likeness (QED) is 0.381. The lowest BCUT2D eigenvalue weighted by Gasteiger charge is -2.10. The number of rotatable bonds is 6. The molecule has 0 unspecified atom stereocenters. The fourth-order valence-electron chi connectivity index (χ4n) is 3.54. The summed E-state index contributed by atoms with van der Waals surface area (Å²) in [6, 6.07) is 19.4. The molecule has 0 aliphatic rings. The van der Waals surface area contributed by atoms with Crippen LogP contribution in [0.1, 0.15) is 38.5 Å². The number of hydrogen-bond acceptors (Lipinski definition) is 5. The highest BCUT2D eigenvalue weighted by atomic mass is 32.2. The first-order valence-electron chi connectivity index (χ1n) is 10.9. The zero-order valence-corrected chi connectivity index (χ0v) is 20.4. The molecule has 0 saturated heterocycles. The van der Waals surface area contributed by atoms with Crippen molar-refractivity contribution < 1.29 is 17.6 Å². The van der Waals surface area contributed by atoms with Crippen LogP contribution < -0.4 is 5.32 Å². The first kappa shape index (κ1) is 23.4. The summed E-state index contributed by atoms with van der Waals surface area (Å²) in [7, 11) is -3.55. The Labute approximate surface area is 199 Å². The number of carbonyl (C=O) groups is 1. The van der Waals surface area contributed by atoms with Crippen LogP contribution in [-0.4, -0.2) is 19.3 Å². The molecule has 0 saturated carbocycles. The van der Waals surface area contributed by atoms with Crippen LogP contribution in [0, 0.1) is 27.7 Å². The molecule has 0 bridgehead atoms. The zero-order chi connectivity index (χ0) is 24.5. The van der Waals surface area contributed by atoms with Crippen LogP contribution in [0.2, 0.25) is 0 Å². The number of benzene rings is 3. The van der Waals surface area contributed by atoms with E-state index in [-0.39, 0.29) is 16.6 Å². The van der Waals surface area contributed by atoms with Crippen LogP contribution in [0.3, 0.4) is 0 Å². The second kappa shape index (κ2) is 9.27. The summed E-state index contributed by atoms with van der Waals surface area (Å²) < 4.78 is 31.3. The molecule has 0 aliphatic heterocycles. The number of oxazole rings is 1. The molecule has 1 amide bonds. The van der Waals surface area contributed by atoms with Crippen molar-refractivity contribution in [3.63, 3.8) is 0 Å². The maximum absolute atomic E-state index is 12.8. The van der Waals surface area contributed by atoms with Crippen molar-refractivity contribution in [1.29, 1.82) is 0 Å². The molecular formula is C27H26N2O4S. The Hall–Kier alpha value is -3.71. The second-order valence-electron chi connectivity index (χ2n) is 8.37. The molecular weight excluding hydrogens is 448 g/mol. The molecule has 7 heteroatoms. The molecule has 1 N–H and O–H groups in total. The van der Waals surface area contributed by atoms with Crippen molar-refractivity contribution >= 4 is 21.4 Å². The smallest absolute Gasteiger partial charge is 0.255 e. The summed E-state index contributed by atoms with van der Waals surface area (Å²) in [5.41, 5.74) is 5.41. The number of aryl methyl sites for hydroxylation is 3. The van der Waals surface area contributed by atoms with Crippen molar-refractivity contribution in [3.05, 3.63) is 100 Å². The van der Waals surface area contributed by atoms with Crippen molar-refractivity contribution in [3.8, 4) is 11.5 Å². The largest absolute Gasteiger partial charge is 0.441 e. The molecule has 3 aromatic carbocycles. The number of nitrogens with one attached hydrogen (secondary N) is 1. The standard InChI is InChI=1S/C27H26N2O4S/c1-17-8-14-23(15-9-17)34(31,32)16-25-20(4)33-27(29-25)22-12-10-21(11-13-22)26(30)28-24-7-5-6-18(2)19(24)3/h5-15H,16H2,1-4H3,(H,28,30). The summed E-state index contributed by atoms with van der Waals surface area (Å²) in [6.45, 7) is 7.57. The number of sulfone groups is 1. The molecule has 0 radical (unpaired) electrons. The predicted molar refractivity (Wildman–Crippen MR) is 133 cm³/mol. The Morgan fingerprint density at radius 1 is 0.912 bits per heavy atom. The minimum atomic E-state index is -3.55. The summed E-state index contributed by atoms with van der Waals surface area (Å²) >= 11 is 0. The van der Waals surface area contributed by atoms with E-state index in [1.807, 2.05) is 39.0 Å². The van der Waals surface area contributed by atoms with Gasteiger partial charge in [0.15, 0.2) is 9.84 Å². The Kier molecular flexibility index (Phi) is 6.39. The third-order valence-corrected chi connectivity index (χ3v) is 7.49. The topological polar surface area (TPSA) is 89.3 Å². The van der Waals surface area contributed by atoms with Crippen LogP contribution in [0.4, 0.5) is 5.69 Å². The molecule has 0 atom stereocenters. The van der Waals surface area contributed by atoms with Gasteiger partial charge in [0.05, 0.1) is 10.6 Å². The third-order valence-electron chi connectivity index (χ3n) is 5.85. The SMILES string of the molecule is Cc1ccc(S(=O)(=O)Cc2nc(-c3ccc(C(=O)Nc4cccc(C)c4C)cc3)oc2C)cc1. The molecule has 34 heavy (non-hydrogen) atoms. The van der Waals surface area contributed by atoms with Gasteiger partial charge in [-0.3, -0.25) is 4.79 Å². The van der Waals surface area contributed by atoms with Gasteiger partial charge in [-0.05, 0) is 81.3 Å². The highest BCUT2D eigenvalue weighted by Crippen LogP contribution is 2.26. The van der Waals surface area contributed by atoms with Gasteiger partial charge < -0.3 is 9.73 Å². The van der Waals surface area contributed by atoms with E-state index in [0.29, 0.717) is 28.5 Å². The van der Waals surface area contributed by atoms with Crippen molar-refractivity contribution in [1.82, 2.24) is 4.98 Å².